The molecule has 1 unspecified atom stereocenters. The van der Waals surface area contributed by atoms with E-state index in [0.717, 1.165) is 25.0 Å². The molecule has 0 aromatic heterocycles. The third kappa shape index (κ3) is 4.59. The largest absolute Gasteiger partial charge is 0.272 e. The van der Waals surface area contributed by atoms with Crippen LogP contribution in [-0.2, 0) is 4.79 Å². The molecule has 0 aliphatic carbocycles. The first-order valence-electron chi connectivity index (χ1n) is 6.34. The number of amides is 1. The topological polar surface area (TPSA) is 29.4 Å². The van der Waals surface area contributed by atoms with Gasteiger partial charge in [-0.1, -0.05) is 39.5 Å². The maximum atomic E-state index is 11.4. The summed E-state index contributed by atoms with van der Waals surface area (Å²) >= 11 is 0. The second-order valence-electron chi connectivity index (χ2n) is 4.62. The van der Waals surface area contributed by atoms with Crippen molar-refractivity contribution in [2.24, 2.45) is 10.9 Å². The number of rotatable bonds is 6. The zero-order valence-corrected chi connectivity index (χ0v) is 10.1. The van der Waals surface area contributed by atoms with Crippen LogP contribution in [0.3, 0.4) is 0 Å². The van der Waals surface area contributed by atoms with Gasteiger partial charge in [0.1, 0.15) is 0 Å². The van der Waals surface area contributed by atoms with Crippen LogP contribution in [-0.4, -0.2) is 11.6 Å². The lowest BCUT2D eigenvalue weighted by atomic mass is 9.96. The quantitative estimate of drug-likeness (QED) is 0.613. The summed E-state index contributed by atoms with van der Waals surface area (Å²) in [6.45, 7) is 4.20. The van der Waals surface area contributed by atoms with E-state index in [1.54, 1.807) is 0 Å². The molecule has 0 saturated carbocycles. The fraction of sp³-hybridized carbons (Fsp3) is 0.846. The molecule has 0 aromatic rings. The van der Waals surface area contributed by atoms with E-state index in [1.165, 1.54) is 32.1 Å². The Hall–Kier alpha value is -0.660. The van der Waals surface area contributed by atoms with Gasteiger partial charge in [0, 0.05) is 11.6 Å². The van der Waals surface area contributed by atoms with Crippen LogP contribution >= 0.6 is 0 Å². The molecule has 0 fully saturated rings. The molecule has 15 heavy (non-hydrogen) atoms. The summed E-state index contributed by atoms with van der Waals surface area (Å²) in [6.07, 6.45) is 9.54. The molecule has 1 aliphatic heterocycles. The van der Waals surface area contributed by atoms with Gasteiger partial charge >= 0.3 is 0 Å². The van der Waals surface area contributed by atoms with Crippen LogP contribution in [0.1, 0.15) is 65.2 Å². The minimum Gasteiger partial charge on any atom is -0.272 e. The van der Waals surface area contributed by atoms with Gasteiger partial charge in [-0.05, 0) is 25.7 Å². The van der Waals surface area contributed by atoms with Crippen molar-refractivity contribution in [3.63, 3.8) is 0 Å². The highest BCUT2D eigenvalue weighted by molar-refractivity contribution is 5.98. The van der Waals surface area contributed by atoms with Crippen molar-refractivity contribution < 1.29 is 4.79 Å². The van der Waals surface area contributed by atoms with Gasteiger partial charge in [-0.15, -0.1) is 0 Å². The maximum Gasteiger partial charge on any atom is 0.248 e. The number of unbranched alkanes of at least 4 members (excludes halogenated alkanes) is 4. The molecule has 0 N–H and O–H groups in total. The third-order valence-corrected chi connectivity index (χ3v) is 3.12. The van der Waals surface area contributed by atoms with E-state index in [4.69, 9.17) is 0 Å². The second kappa shape index (κ2) is 6.76. The summed E-state index contributed by atoms with van der Waals surface area (Å²) in [5, 5.41) is 0. The summed E-state index contributed by atoms with van der Waals surface area (Å²) in [5.41, 5.74) is 1.15. The number of carbonyl (C=O) groups excluding carboxylic acids is 1. The molecule has 86 valence electrons. The summed E-state index contributed by atoms with van der Waals surface area (Å²) in [6, 6.07) is 0. The fourth-order valence-electron chi connectivity index (χ4n) is 1.94. The Morgan fingerprint density at radius 3 is 2.67 bits per heavy atom. The van der Waals surface area contributed by atoms with E-state index in [-0.39, 0.29) is 11.8 Å². The van der Waals surface area contributed by atoms with Gasteiger partial charge in [0.2, 0.25) is 5.91 Å². The van der Waals surface area contributed by atoms with Crippen LogP contribution in [0.2, 0.25) is 0 Å². The van der Waals surface area contributed by atoms with Crippen LogP contribution in [0, 0.1) is 5.92 Å². The van der Waals surface area contributed by atoms with Crippen molar-refractivity contribution >= 4 is 11.6 Å². The lowest BCUT2D eigenvalue weighted by molar-refractivity contribution is -0.121. The summed E-state index contributed by atoms with van der Waals surface area (Å²) in [5.74, 6) is 0.263. The van der Waals surface area contributed by atoms with Gasteiger partial charge in [-0.3, -0.25) is 4.79 Å². The molecule has 1 rings (SSSR count). The van der Waals surface area contributed by atoms with Gasteiger partial charge in [0.15, 0.2) is 0 Å². The predicted molar refractivity (Wildman–Crippen MR) is 64.2 cm³/mol. The molecule has 0 saturated heterocycles. The Kier molecular flexibility index (Phi) is 5.59. The first-order valence-corrected chi connectivity index (χ1v) is 6.34. The van der Waals surface area contributed by atoms with Gasteiger partial charge in [-0.2, -0.15) is 0 Å². The van der Waals surface area contributed by atoms with Crippen LogP contribution < -0.4 is 0 Å². The lowest BCUT2D eigenvalue weighted by Crippen LogP contribution is -2.18. The first-order chi connectivity index (χ1) is 7.24. The average Bonchev–Trinajstić information content (AvgIpc) is 2.23. The second-order valence-corrected chi connectivity index (χ2v) is 4.62. The standard InChI is InChI=1S/C13H23NO/c1-3-4-5-6-7-8-12-10-9-11(2)13(15)14-12/h11H,3-10H2,1-2H3. The lowest BCUT2D eigenvalue weighted by Gasteiger charge is -2.15. The fourth-order valence-corrected chi connectivity index (χ4v) is 1.94. The first kappa shape index (κ1) is 12.4. The number of aliphatic imine (C=N–C) groups is 1. The van der Waals surface area contributed by atoms with Crippen LogP contribution in [0.25, 0.3) is 0 Å². The minimum atomic E-state index is 0.102. The van der Waals surface area contributed by atoms with E-state index < -0.39 is 0 Å². The Labute approximate surface area is 93.2 Å². The Morgan fingerprint density at radius 2 is 2.00 bits per heavy atom. The molecule has 0 aromatic carbocycles. The maximum absolute atomic E-state index is 11.4. The SMILES string of the molecule is CCCCCCCC1=NC(=O)C(C)CC1. The molecule has 0 bridgehead atoms. The van der Waals surface area contributed by atoms with Gasteiger partial charge < -0.3 is 0 Å². The molecule has 1 heterocycles. The number of hydrogen-bond donors (Lipinski definition) is 0. The van der Waals surface area contributed by atoms with Crippen molar-refractivity contribution in [2.75, 3.05) is 0 Å². The van der Waals surface area contributed by atoms with E-state index in [2.05, 4.69) is 11.9 Å². The third-order valence-electron chi connectivity index (χ3n) is 3.12. The van der Waals surface area contributed by atoms with Crippen LogP contribution in [0.5, 0.6) is 0 Å². The molecule has 1 atom stereocenters. The highest BCUT2D eigenvalue weighted by Gasteiger charge is 2.18. The van der Waals surface area contributed by atoms with Crippen LogP contribution in [0.4, 0.5) is 0 Å². The van der Waals surface area contributed by atoms with Gasteiger partial charge in [-0.25, -0.2) is 4.99 Å². The Balaban J connectivity index is 2.16. The molecule has 1 amide bonds. The molecule has 1 aliphatic rings. The zero-order valence-electron chi connectivity index (χ0n) is 10.1. The zero-order chi connectivity index (χ0) is 11.1. The molecule has 0 radical (unpaired) electrons. The summed E-state index contributed by atoms with van der Waals surface area (Å²) in [7, 11) is 0. The molecule has 0 spiro atoms. The number of carbonyl (C=O) groups is 1. The summed E-state index contributed by atoms with van der Waals surface area (Å²) < 4.78 is 0. The van der Waals surface area contributed by atoms with Crippen molar-refractivity contribution in [1.82, 2.24) is 0 Å². The minimum absolute atomic E-state index is 0.102. The normalized spacial score (nSPS) is 21.6. The van der Waals surface area contributed by atoms with E-state index in [0.29, 0.717) is 0 Å². The van der Waals surface area contributed by atoms with Gasteiger partial charge in [0.05, 0.1) is 0 Å². The molecular formula is C13H23NO. The molecular weight excluding hydrogens is 186 g/mol. The summed E-state index contributed by atoms with van der Waals surface area (Å²) in [4.78, 5) is 15.5. The van der Waals surface area contributed by atoms with E-state index >= 15 is 0 Å². The number of hydrogen-bond acceptors (Lipinski definition) is 1. The predicted octanol–water partition coefficient (Wildman–Crippen LogP) is 3.74. The van der Waals surface area contributed by atoms with Gasteiger partial charge in [0.25, 0.3) is 0 Å². The van der Waals surface area contributed by atoms with Crippen LogP contribution in [0.15, 0.2) is 4.99 Å². The van der Waals surface area contributed by atoms with Crippen molar-refractivity contribution in [3.05, 3.63) is 0 Å². The van der Waals surface area contributed by atoms with E-state index in [1.807, 2.05) is 6.92 Å². The highest BCUT2D eigenvalue weighted by Crippen LogP contribution is 2.18. The Morgan fingerprint density at radius 1 is 1.27 bits per heavy atom. The van der Waals surface area contributed by atoms with E-state index in [9.17, 15) is 4.79 Å². The van der Waals surface area contributed by atoms with Crippen molar-refractivity contribution in [1.29, 1.82) is 0 Å². The van der Waals surface area contributed by atoms with Crippen molar-refractivity contribution in [2.45, 2.75) is 65.2 Å². The highest BCUT2D eigenvalue weighted by atomic mass is 16.1. The Bertz CT molecular complexity index is 233. The average molecular weight is 209 g/mol. The monoisotopic (exact) mass is 209 g/mol. The molecule has 2 nitrogen and oxygen atoms in total. The number of nitrogens with zero attached hydrogens (tertiary/aromatic N) is 1. The van der Waals surface area contributed by atoms with Crippen molar-refractivity contribution in [3.8, 4) is 0 Å². The smallest absolute Gasteiger partial charge is 0.248 e. The molecule has 2 heteroatoms.